The molecule has 0 bridgehead atoms. The fraction of sp³-hybridized carbons (Fsp3) is 0.300. The highest BCUT2D eigenvalue weighted by atomic mass is 32.2. The molecule has 0 aromatic heterocycles. The summed E-state index contributed by atoms with van der Waals surface area (Å²) in [4.78, 5) is 0.288. The highest BCUT2D eigenvalue weighted by Gasteiger charge is 2.13. The molecule has 2 aromatic carbocycles. The van der Waals surface area contributed by atoms with E-state index in [-0.39, 0.29) is 16.9 Å². The molecular weight excluding hydrogens is 318 g/mol. The SMILES string of the molecule is Cc1ccc(S(=O)(=O)NC/C=C/c2ccc(C(C)(C)C)cc2)cc1. The molecule has 0 unspecified atom stereocenters. The number of rotatable bonds is 5. The number of hydrogen-bond donors (Lipinski definition) is 1. The molecule has 4 heteroatoms. The van der Waals surface area contributed by atoms with Gasteiger partial charge in [-0.05, 0) is 35.6 Å². The number of sulfonamides is 1. The molecule has 0 spiro atoms. The molecule has 0 amide bonds. The van der Waals surface area contributed by atoms with Gasteiger partial charge in [-0.25, -0.2) is 13.1 Å². The van der Waals surface area contributed by atoms with E-state index in [1.807, 2.05) is 31.2 Å². The van der Waals surface area contributed by atoms with E-state index in [1.54, 1.807) is 24.3 Å². The summed E-state index contributed by atoms with van der Waals surface area (Å²) in [5.74, 6) is 0. The maximum absolute atomic E-state index is 12.2. The van der Waals surface area contributed by atoms with E-state index in [0.29, 0.717) is 0 Å². The largest absolute Gasteiger partial charge is 0.240 e. The van der Waals surface area contributed by atoms with Crippen LogP contribution in [0.15, 0.2) is 59.5 Å². The first kappa shape index (κ1) is 18.4. The Kier molecular flexibility index (Phi) is 5.62. The van der Waals surface area contributed by atoms with Crippen LogP contribution in [0.5, 0.6) is 0 Å². The Morgan fingerprint density at radius 2 is 1.54 bits per heavy atom. The Hall–Kier alpha value is -1.91. The van der Waals surface area contributed by atoms with Gasteiger partial charge in [-0.15, -0.1) is 0 Å². The monoisotopic (exact) mass is 343 g/mol. The lowest BCUT2D eigenvalue weighted by molar-refractivity contribution is 0.585. The third kappa shape index (κ3) is 5.05. The van der Waals surface area contributed by atoms with Crippen molar-refractivity contribution in [3.8, 4) is 0 Å². The van der Waals surface area contributed by atoms with E-state index < -0.39 is 10.0 Å². The third-order valence-corrected chi connectivity index (χ3v) is 5.25. The number of benzene rings is 2. The van der Waals surface area contributed by atoms with Crippen LogP contribution < -0.4 is 4.72 Å². The minimum absolute atomic E-state index is 0.131. The second-order valence-corrected chi connectivity index (χ2v) is 8.71. The summed E-state index contributed by atoms with van der Waals surface area (Å²) in [5, 5.41) is 0. The highest BCUT2D eigenvalue weighted by Crippen LogP contribution is 2.22. The molecule has 0 heterocycles. The summed E-state index contributed by atoms with van der Waals surface area (Å²) in [7, 11) is -3.46. The Morgan fingerprint density at radius 1 is 0.958 bits per heavy atom. The first-order chi connectivity index (χ1) is 11.2. The van der Waals surface area contributed by atoms with Gasteiger partial charge in [0, 0.05) is 6.54 Å². The summed E-state index contributed by atoms with van der Waals surface area (Å²) in [6, 6.07) is 15.1. The van der Waals surface area contributed by atoms with E-state index >= 15 is 0 Å². The van der Waals surface area contributed by atoms with Gasteiger partial charge >= 0.3 is 0 Å². The van der Waals surface area contributed by atoms with Gasteiger partial charge in [0.15, 0.2) is 0 Å². The lowest BCUT2D eigenvalue weighted by atomic mass is 9.87. The zero-order valence-corrected chi connectivity index (χ0v) is 15.5. The van der Waals surface area contributed by atoms with Gasteiger partial charge in [0.2, 0.25) is 10.0 Å². The summed E-state index contributed by atoms with van der Waals surface area (Å²) < 4.78 is 26.9. The summed E-state index contributed by atoms with van der Waals surface area (Å²) in [6.07, 6.45) is 3.74. The van der Waals surface area contributed by atoms with Gasteiger partial charge in [-0.3, -0.25) is 0 Å². The van der Waals surface area contributed by atoms with E-state index in [2.05, 4.69) is 37.6 Å². The fourth-order valence-electron chi connectivity index (χ4n) is 2.25. The van der Waals surface area contributed by atoms with Crippen molar-refractivity contribution < 1.29 is 8.42 Å². The number of hydrogen-bond acceptors (Lipinski definition) is 2. The molecule has 0 aliphatic heterocycles. The van der Waals surface area contributed by atoms with Crippen LogP contribution in [-0.2, 0) is 15.4 Å². The highest BCUT2D eigenvalue weighted by molar-refractivity contribution is 7.89. The average molecular weight is 343 g/mol. The molecule has 24 heavy (non-hydrogen) atoms. The number of nitrogens with one attached hydrogen (secondary N) is 1. The quantitative estimate of drug-likeness (QED) is 0.880. The third-order valence-electron chi connectivity index (χ3n) is 3.81. The summed E-state index contributed by atoms with van der Waals surface area (Å²) in [5.41, 5.74) is 3.50. The van der Waals surface area contributed by atoms with Crippen molar-refractivity contribution in [3.05, 3.63) is 71.3 Å². The van der Waals surface area contributed by atoms with Gasteiger partial charge in [0.05, 0.1) is 4.90 Å². The molecule has 0 aliphatic carbocycles. The zero-order valence-electron chi connectivity index (χ0n) is 14.7. The lowest BCUT2D eigenvalue weighted by Gasteiger charge is -2.18. The van der Waals surface area contributed by atoms with E-state index in [1.165, 1.54) is 5.56 Å². The van der Waals surface area contributed by atoms with Crippen LogP contribution in [-0.4, -0.2) is 15.0 Å². The standard InChI is InChI=1S/C20H25NO2S/c1-16-7-13-19(14-8-16)24(22,23)21-15-5-6-17-9-11-18(12-10-17)20(2,3)4/h5-14,21H,15H2,1-4H3/b6-5+. The van der Waals surface area contributed by atoms with Gasteiger partial charge in [-0.2, -0.15) is 0 Å². The zero-order chi connectivity index (χ0) is 17.8. The first-order valence-electron chi connectivity index (χ1n) is 8.02. The normalized spacial score (nSPS) is 12.7. The maximum Gasteiger partial charge on any atom is 0.240 e. The molecule has 2 rings (SSSR count). The Balaban J connectivity index is 1.96. The van der Waals surface area contributed by atoms with Crippen LogP contribution in [0.4, 0.5) is 0 Å². The maximum atomic E-state index is 12.2. The molecule has 0 aliphatic rings. The van der Waals surface area contributed by atoms with Crippen molar-refractivity contribution in [2.75, 3.05) is 6.54 Å². The summed E-state index contributed by atoms with van der Waals surface area (Å²) in [6.45, 7) is 8.72. The molecule has 0 atom stereocenters. The van der Waals surface area contributed by atoms with Crippen LogP contribution in [0, 0.1) is 6.92 Å². The second kappa shape index (κ2) is 7.32. The van der Waals surface area contributed by atoms with Crippen LogP contribution in [0.3, 0.4) is 0 Å². The minimum atomic E-state index is -3.46. The molecule has 0 fully saturated rings. The van der Waals surface area contributed by atoms with Crippen molar-refractivity contribution in [3.63, 3.8) is 0 Å². The van der Waals surface area contributed by atoms with Gasteiger partial charge in [0.25, 0.3) is 0 Å². The van der Waals surface area contributed by atoms with Crippen LogP contribution in [0.1, 0.15) is 37.5 Å². The van der Waals surface area contributed by atoms with Crippen LogP contribution in [0.25, 0.3) is 6.08 Å². The average Bonchev–Trinajstić information content (AvgIpc) is 2.52. The van der Waals surface area contributed by atoms with Crippen molar-refractivity contribution in [1.82, 2.24) is 4.72 Å². The molecule has 128 valence electrons. The second-order valence-electron chi connectivity index (χ2n) is 6.94. The topological polar surface area (TPSA) is 46.2 Å². The molecule has 0 saturated heterocycles. The molecule has 0 saturated carbocycles. The van der Waals surface area contributed by atoms with Crippen molar-refractivity contribution in [2.45, 2.75) is 38.0 Å². The predicted octanol–water partition coefficient (Wildman–Crippen LogP) is 4.28. The van der Waals surface area contributed by atoms with Crippen LogP contribution >= 0.6 is 0 Å². The molecular formula is C20H25NO2S. The van der Waals surface area contributed by atoms with E-state index in [0.717, 1.165) is 11.1 Å². The minimum Gasteiger partial charge on any atom is -0.207 e. The number of aryl methyl sites for hydroxylation is 1. The van der Waals surface area contributed by atoms with Gasteiger partial charge in [-0.1, -0.05) is 74.9 Å². The predicted molar refractivity (Wildman–Crippen MR) is 101 cm³/mol. The van der Waals surface area contributed by atoms with Gasteiger partial charge in [0.1, 0.15) is 0 Å². The molecule has 2 aromatic rings. The first-order valence-corrected chi connectivity index (χ1v) is 9.50. The van der Waals surface area contributed by atoms with E-state index in [9.17, 15) is 8.42 Å². The Labute approximate surface area is 145 Å². The van der Waals surface area contributed by atoms with E-state index in [4.69, 9.17) is 0 Å². The molecule has 1 N–H and O–H groups in total. The van der Waals surface area contributed by atoms with Crippen molar-refractivity contribution in [1.29, 1.82) is 0 Å². The molecule has 3 nitrogen and oxygen atoms in total. The molecule has 0 radical (unpaired) electrons. The Morgan fingerprint density at radius 3 is 2.08 bits per heavy atom. The summed E-state index contributed by atoms with van der Waals surface area (Å²) >= 11 is 0. The van der Waals surface area contributed by atoms with Crippen LogP contribution in [0.2, 0.25) is 0 Å². The van der Waals surface area contributed by atoms with Gasteiger partial charge < -0.3 is 0 Å². The lowest BCUT2D eigenvalue weighted by Crippen LogP contribution is -2.23. The fourth-order valence-corrected chi connectivity index (χ4v) is 3.22. The van der Waals surface area contributed by atoms with Crippen molar-refractivity contribution in [2.24, 2.45) is 0 Å². The Bertz CT molecular complexity index is 796. The van der Waals surface area contributed by atoms with Crippen molar-refractivity contribution >= 4 is 16.1 Å². The smallest absolute Gasteiger partial charge is 0.207 e.